The molecule has 0 bridgehead atoms. The van der Waals surface area contributed by atoms with Gasteiger partial charge in [-0.05, 0) is 60.1 Å². The Morgan fingerprint density at radius 1 is 1.19 bits per heavy atom. The lowest BCUT2D eigenvalue weighted by Gasteiger charge is -2.30. The van der Waals surface area contributed by atoms with Gasteiger partial charge >= 0.3 is 12.1 Å². The summed E-state index contributed by atoms with van der Waals surface area (Å²) in [6.07, 6.45) is -2.88. The maximum atomic E-state index is 13.9. The molecule has 3 unspecified atom stereocenters. The summed E-state index contributed by atoms with van der Waals surface area (Å²) in [7, 11) is 1.81. The number of hydrogen-bond donors (Lipinski definition) is 2. The summed E-state index contributed by atoms with van der Waals surface area (Å²) in [5.41, 5.74) is 1.68. The van der Waals surface area contributed by atoms with Crippen molar-refractivity contribution in [2.45, 2.75) is 44.2 Å². The number of alkyl halides is 3. The fourth-order valence-electron chi connectivity index (χ4n) is 4.74. The Labute approximate surface area is 212 Å². The molecule has 6 nitrogen and oxygen atoms in total. The Morgan fingerprint density at radius 2 is 1.89 bits per heavy atom. The van der Waals surface area contributed by atoms with Gasteiger partial charge in [0.15, 0.2) is 0 Å². The largest absolute Gasteiger partial charge is 0.490 e. The van der Waals surface area contributed by atoms with Crippen molar-refractivity contribution in [3.63, 3.8) is 0 Å². The molecular weight excluding hydrogens is 497 g/mol. The highest BCUT2D eigenvalue weighted by molar-refractivity contribution is 6.33. The Hall–Kier alpha value is -2.94. The van der Waals surface area contributed by atoms with Crippen LogP contribution in [-0.2, 0) is 9.59 Å². The van der Waals surface area contributed by atoms with Crippen LogP contribution in [0.5, 0.6) is 5.75 Å². The quantitative estimate of drug-likeness (QED) is 0.439. The second kappa shape index (κ2) is 10.2. The molecule has 1 fully saturated rings. The maximum absolute atomic E-state index is 13.9. The summed E-state index contributed by atoms with van der Waals surface area (Å²) in [5.74, 6) is -4.78. The van der Waals surface area contributed by atoms with E-state index in [1.807, 2.05) is 11.9 Å². The SMILES string of the molecule is CC(C(C(=O)Nc1cc(C(CC(=O)O)C2CC2)ccc1Cl)c1ccc2c(c1)N(C)CCO2)C(F)(F)F. The van der Waals surface area contributed by atoms with E-state index in [-0.39, 0.29) is 34.5 Å². The summed E-state index contributed by atoms with van der Waals surface area (Å²) in [6, 6.07) is 9.46. The van der Waals surface area contributed by atoms with Crippen molar-refractivity contribution in [1.82, 2.24) is 0 Å². The van der Waals surface area contributed by atoms with E-state index in [0.29, 0.717) is 30.2 Å². The van der Waals surface area contributed by atoms with E-state index >= 15 is 0 Å². The number of benzene rings is 2. The minimum atomic E-state index is -4.62. The molecule has 1 aliphatic carbocycles. The zero-order valence-electron chi connectivity index (χ0n) is 19.9. The van der Waals surface area contributed by atoms with Gasteiger partial charge < -0.3 is 20.1 Å². The Bertz CT molecular complexity index is 1150. The van der Waals surface area contributed by atoms with Gasteiger partial charge in [-0.15, -0.1) is 0 Å². The van der Waals surface area contributed by atoms with Gasteiger partial charge in [-0.2, -0.15) is 13.2 Å². The fraction of sp³-hybridized carbons (Fsp3) is 0.462. The van der Waals surface area contributed by atoms with Crippen LogP contribution >= 0.6 is 11.6 Å². The van der Waals surface area contributed by atoms with Crippen LogP contribution in [0.2, 0.25) is 5.02 Å². The minimum absolute atomic E-state index is 0.0713. The van der Waals surface area contributed by atoms with Crippen molar-refractivity contribution in [3.05, 3.63) is 52.5 Å². The highest BCUT2D eigenvalue weighted by atomic mass is 35.5. The van der Waals surface area contributed by atoms with E-state index in [2.05, 4.69) is 5.32 Å². The van der Waals surface area contributed by atoms with E-state index in [1.54, 1.807) is 24.3 Å². The normalized spacial score (nSPS) is 18.0. The molecule has 2 aromatic carbocycles. The molecule has 1 heterocycles. The molecule has 3 atom stereocenters. The van der Waals surface area contributed by atoms with Crippen molar-refractivity contribution in [2.24, 2.45) is 11.8 Å². The monoisotopic (exact) mass is 524 g/mol. The van der Waals surface area contributed by atoms with Crippen LogP contribution in [0.1, 0.15) is 49.1 Å². The number of carboxylic acids is 1. The number of hydrogen-bond acceptors (Lipinski definition) is 4. The van der Waals surface area contributed by atoms with E-state index < -0.39 is 29.9 Å². The molecule has 0 radical (unpaired) electrons. The zero-order chi connectivity index (χ0) is 26.2. The van der Waals surface area contributed by atoms with Crippen molar-refractivity contribution in [3.8, 4) is 5.75 Å². The predicted octanol–water partition coefficient (Wildman–Crippen LogP) is 6.06. The molecule has 1 amide bonds. The number of carboxylic acid groups (broad SMARTS) is 1. The average Bonchev–Trinajstić information content (AvgIpc) is 3.64. The molecular formula is C26H28ClF3N2O4. The first-order valence-electron chi connectivity index (χ1n) is 11.8. The van der Waals surface area contributed by atoms with Gasteiger partial charge in [0.2, 0.25) is 5.91 Å². The summed E-state index contributed by atoms with van der Waals surface area (Å²) in [5, 5.41) is 12.1. The van der Waals surface area contributed by atoms with E-state index in [9.17, 15) is 27.9 Å². The third-order valence-corrected chi connectivity index (χ3v) is 7.33. The van der Waals surface area contributed by atoms with Gasteiger partial charge in [-0.25, -0.2) is 0 Å². The average molecular weight is 525 g/mol. The molecule has 2 aliphatic rings. The number of fused-ring (bicyclic) bond motifs is 1. The van der Waals surface area contributed by atoms with Crippen molar-refractivity contribution in [1.29, 1.82) is 0 Å². The number of amides is 1. The molecule has 10 heteroatoms. The predicted molar refractivity (Wildman–Crippen MR) is 131 cm³/mol. The molecule has 1 saturated carbocycles. The first kappa shape index (κ1) is 26.1. The summed E-state index contributed by atoms with van der Waals surface area (Å²) in [6.45, 7) is 2.02. The van der Waals surface area contributed by atoms with Gasteiger partial charge in [0.1, 0.15) is 12.4 Å². The van der Waals surface area contributed by atoms with E-state index in [4.69, 9.17) is 16.3 Å². The number of aliphatic carboxylic acids is 1. The van der Waals surface area contributed by atoms with Crippen molar-refractivity contribution in [2.75, 3.05) is 30.4 Å². The van der Waals surface area contributed by atoms with Crippen LogP contribution in [0.25, 0.3) is 0 Å². The summed E-state index contributed by atoms with van der Waals surface area (Å²) < 4.78 is 47.2. The number of anilines is 2. The molecule has 0 aromatic heterocycles. The number of carbonyl (C=O) groups excluding carboxylic acids is 1. The molecule has 0 saturated heterocycles. The Balaban J connectivity index is 1.66. The van der Waals surface area contributed by atoms with Gasteiger partial charge in [0.25, 0.3) is 0 Å². The fourth-order valence-corrected chi connectivity index (χ4v) is 4.91. The van der Waals surface area contributed by atoms with Gasteiger partial charge in [0, 0.05) is 7.05 Å². The molecule has 194 valence electrons. The summed E-state index contributed by atoms with van der Waals surface area (Å²) >= 11 is 6.30. The first-order valence-corrected chi connectivity index (χ1v) is 12.2. The number of nitrogens with one attached hydrogen (secondary N) is 1. The van der Waals surface area contributed by atoms with E-state index in [0.717, 1.165) is 19.8 Å². The number of ether oxygens (including phenoxy) is 1. The summed E-state index contributed by atoms with van der Waals surface area (Å²) in [4.78, 5) is 26.6. The molecule has 36 heavy (non-hydrogen) atoms. The van der Waals surface area contributed by atoms with Gasteiger partial charge in [-0.3, -0.25) is 9.59 Å². The number of rotatable bonds is 8. The number of carbonyl (C=O) groups is 2. The van der Waals surface area contributed by atoms with Crippen LogP contribution < -0.4 is 15.0 Å². The standard InChI is InChI=1S/C26H28ClF3N2O4/c1-14(26(28,29)30)24(17-6-8-22-21(12-17)32(2)9-10-36-22)25(35)31-20-11-16(5-7-19(20)27)18(13-23(33)34)15-3-4-15/h5-8,11-12,14-15,18,24H,3-4,9-10,13H2,1-2H3,(H,31,35)(H,33,34). The molecule has 0 spiro atoms. The highest BCUT2D eigenvalue weighted by Crippen LogP contribution is 2.46. The van der Waals surface area contributed by atoms with Gasteiger partial charge in [-0.1, -0.05) is 30.7 Å². The molecule has 4 rings (SSSR count). The van der Waals surface area contributed by atoms with Crippen LogP contribution in [0, 0.1) is 11.8 Å². The lowest BCUT2D eigenvalue weighted by molar-refractivity contribution is -0.178. The van der Waals surface area contributed by atoms with Crippen LogP contribution in [0.4, 0.5) is 24.5 Å². The number of likely N-dealkylation sites (N-methyl/N-ethyl adjacent to an activating group) is 1. The second-order valence-corrected chi connectivity index (χ2v) is 9.98. The highest BCUT2D eigenvalue weighted by Gasteiger charge is 2.45. The Kier molecular flexibility index (Phi) is 7.41. The molecule has 1 aliphatic heterocycles. The minimum Gasteiger partial charge on any atom is -0.490 e. The topological polar surface area (TPSA) is 78.9 Å². The van der Waals surface area contributed by atoms with Crippen LogP contribution in [0.3, 0.4) is 0 Å². The third-order valence-electron chi connectivity index (χ3n) is 7.00. The van der Waals surface area contributed by atoms with Crippen LogP contribution in [-0.4, -0.2) is 43.4 Å². The zero-order valence-corrected chi connectivity index (χ0v) is 20.7. The second-order valence-electron chi connectivity index (χ2n) is 9.58. The lowest BCUT2D eigenvalue weighted by Crippen LogP contribution is -2.35. The maximum Gasteiger partial charge on any atom is 0.392 e. The van der Waals surface area contributed by atoms with Crippen LogP contribution in [0.15, 0.2) is 36.4 Å². The van der Waals surface area contributed by atoms with E-state index in [1.165, 1.54) is 12.1 Å². The molecule has 2 aromatic rings. The van der Waals surface area contributed by atoms with Gasteiger partial charge in [0.05, 0.1) is 41.2 Å². The smallest absolute Gasteiger partial charge is 0.392 e. The van der Waals surface area contributed by atoms with Crippen molar-refractivity contribution >= 4 is 34.9 Å². The number of nitrogens with zero attached hydrogens (tertiary/aromatic N) is 1. The molecule has 2 N–H and O–H groups in total. The Morgan fingerprint density at radius 3 is 2.53 bits per heavy atom. The number of halogens is 4. The van der Waals surface area contributed by atoms with Crippen molar-refractivity contribution < 1.29 is 32.6 Å². The lowest BCUT2D eigenvalue weighted by atomic mass is 9.85. The first-order chi connectivity index (χ1) is 17.0. The third kappa shape index (κ3) is 5.72.